The van der Waals surface area contributed by atoms with Crippen LogP contribution in [0.3, 0.4) is 0 Å². The highest BCUT2D eigenvalue weighted by molar-refractivity contribution is 6.17. The molecular weight excluding hydrogens is 240 g/mol. The van der Waals surface area contributed by atoms with Gasteiger partial charge in [0, 0.05) is 12.2 Å². The minimum Gasteiger partial charge on any atom is -0.493 e. The van der Waals surface area contributed by atoms with Crippen LogP contribution in [0, 0.1) is 0 Å². The van der Waals surface area contributed by atoms with Crippen LogP contribution in [0.2, 0.25) is 0 Å². The fourth-order valence-electron chi connectivity index (χ4n) is 1.93. The average Bonchev–Trinajstić information content (AvgIpc) is 2.40. The molecule has 0 amide bonds. The first-order valence-electron chi connectivity index (χ1n) is 5.81. The van der Waals surface area contributed by atoms with Gasteiger partial charge in [-0.15, -0.1) is 11.6 Å². The van der Waals surface area contributed by atoms with Gasteiger partial charge in [-0.3, -0.25) is 0 Å². The second-order valence-electron chi connectivity index (χ2n) is 4.04. The summed E-state index contributed by atoms with van der Waals surface area (Å²) in [6.45, 7) is 1.47. The van der Waals surface area contributed by atoms with Gasteiger partial charge in [-0.2, -0.15) is 0 Å². The number of halogens is 1. The number of benzene rings is 1. The summed E-state index contributed by atoms with van der Waals surface area (Å²) in [4.78, 5) is 0. The predicted octanol–water partition coefficient (Wildman–Crippen LogP) is 2.99. The molecule has 0 N–H and O–H groups in total. The second kappa shape index (κ2) is 6.12. The molecule has 1 aliphatic heterocycles. The maximum atomic E-state index is 5.96. The van der Waals surface area contributed by atoms with Crippen LogP contribution < -0.4 is 9.47 Å². The fraction of sp³-hybridized carbons (Fsp3) is 0.538. The lowest BCUT2D eigenvalue weighted by Crippen LogP contribution is -2.28. The van der Waals surface area contributed by atoms with Gasteiger partial charge in [-0.1, -0.05) is 12.1 Å². The molecule has 1 aliphatic rings. The molecule has 1 unspecified atom stereocenters. The smallest absolute Gasteiger partial charge is 0.166 e. The Labute approximate surface area is 107 Å². The number of para-hydroxylation sites is 1. The van der Waals surface area contributed by atoms with Crippen LogP contribution >= 0.6 is 11.6 Å². The van der Waals surface area contributed by atoms with Gasteiger partial charge in [0.05, 0.1) is 19.6 Å². The molecule has 2 rings (SSSR count). The first-order chi connectivity index (χ1) is 8.35. The molecular formula is C13H17ClO3. The molecule has 94 valence electrons. The first-order valence-corrected chi connectivity index (χ1v) is 6.35. The van der Waals surface area contributed by atoms with Gasteiger partial charge in [0.25, 0.3) is 0 Å². The Bertz CT molecular complexity index is 339. The van der Waals surface area contributed by atoms with E-state index in [1.165, 1.54) is 0 Å². The van der Waals surface area contributed by atoms with Gasteiger partial charge < -0.3 is 14.2 Å². The van der Waals surface area contributed by atoms with Crippen LogP contribution in [-0.2, 0) is 10.6 Å². The third-order valence-corrected chi connectivity index (χ3v) is 3.12. The van der Waals surface area contributed by atoms with Gasteiger partial charge >= 0.3 is 0 Å². The van der Waals surface area contributed by atoms with E-state index in [4.69, 9.17) is 25.8 Å². The van der Waals surface area contributed by atoms with Crippen molar-refractivity contribution in [1.82, 2.24) is 0 Å². The molecule has 0 aliphatic carbocycles. The molecule has 0 spiro atoms. The minimum absolute atomic E-state index is 0.0991. The zero-order valence-electron chi connectivity index (χ0n) is 9.95. The molecule has 1 fully saturated rings. The van der Waals surface area contributed by atoms with Crippen molar-refractivity contribution in [2.75, 3.05) is 20.3 Å². The van der Waals surface area contributed by atoms with E-state index < -0.39 is 0 Å². The maximum absolute atomic E-state index is 5.96. The van der Waals surface area contributed by atoms with Crippen LogP contribution in [0.15, 0.2) is 18.2 Å². The van der Waals surface area contributed by atoms with E-state index in [-0.39, 0.29) is 6.10 Å². The third-order valence-electron chi connectivity index (χ3n) is 2.83. The highest BCUT2D eigenvalue weighted by atomic mass is 35.5. The summed E-state index contributed by atoms with van der Waals surface area (Å²) >= 11 is 5.91. The summed E-state index contributed by atoms with van der Waals surface area (Å²) in [6, 6.07) is 5.75. The van der Waals surface area contributed by atoms with Gasteiger partial charge in [0.2, 0.25) is 0 Å². The zero-order chi connectivity index (χ0) is 12.1. The van der Waals surface area contributed by atoms with Crippen LogP contribution in [0.4, 0.5) is 0 Å². The summed E-state index contributed by atoms with van der Waals surface area (Å²) in [7, 11) is 1.64. The highest BCUT2D eigenvalue weighted by Gasteiger charge is 2.19. The summed E-state index contributed by atoms with van der Waals surface area (Å²) in [5.41, 5.74) is 0.955. The average molecular weight is 257 g/mol. The predicted molar refractivity (Wildman–Crippen MR) is 67.0 cm³/mol. The topological polar surface area (TPSA) is 27.7 Å². The number of ether oxygens (including phenoxy) is 3. The summed E-state index contributed by atoms with van der Waals surface area (Å²) in [6.07, 6.45) is 2.15. The summed E-state index contributed by atoms with van der Waals surface area (Å²) < 4.78 is 16.7. The van der Waals surface area contributed by atoms with E-state index in [1.54, 1.807) is 7.11 Å². The lowest BCUT2D eigenvalue weighted by atomic mass is 10.1. The van der Waals surface area contributed by atoms with Crippen molar-refractivity contribution in [3.05, 3.63) is 23.8 Å². The SMILES string of the molecule is COc1cccc(CCl)c1OC1CCCOC1. The van der Waals surface area contributed by atoms with Crippen molar-refractivity contribution >= 4 is 11.6 Å². The van der Waals surface area contributed by atoms with Crippen LogP contribution in [0.1, 0.15) is 18.4 Å². The molecule has 0 bridgehead atoms. The molecule has 17 heavy (non-hydrogen) atoms. The van der Waals surface area contributed by atoms with Gasteiger partial charge in [-0.25, -0.2) is 0 Å². The fourth-order valence-corrected chi connectivity index (χ4v) is 2.14. The Morgan fingerprint density at radius 2 is 2.35 bits per heavy atom. The number of methoxy groups -OCH3 is 1. The minimum atomic E-state index is 0.0991. The van der Waals surface area contributed by atoms with Gasteiger partial charge in [-0.05, 0) is 18.9 Å². The van der Waals surface area contributed by atoms with E-state index in [9.17, 15) is 0 Å². The largest absolute Gasteiger partial charge is 0.493 e. The Morgan fingerprint density at radius 1 is 1.47 bits per heavy atom. The quantitative estimate of drug-likeness (QED) is 0.775. The molecule has 0 aromatic heterocycles. The van der Waals surface area contributed by atoms with Crippen LogP contribution in [-0.4, -0.2) is 26.4 Å². The van der Waals surface area contributed by atoms with Crippen molar-refractivity contribution in [1.29, 1.82) is 0 Å². The summed E-state index contributed by atoms with van der Waals surface area (Å²) in [5.74, 6) is 1.90. The van der Waals surface area contributed by atoms with E-state index >= 15 is 0 Å². The van der Waals surface area contributed by atoms with Crippen LogP contribution in [0.5, 0.6) is 11.5 Å². The molecule has 1 aromatic rings. The Kier molecular flexibility index (Phi) is 4.51. The lowest BCUT2D eigenvalue weighted by Gasteiger charge is -2.25. The Balaban J connectivity index is 2.16. The van der Waals surface area contributed by atoms with Crippen molar-refractivity contribution in [3.63, 3.8) is 0 Å². The number of hydrogen-bond donors (Lipinski definition) is 0. The second-order valence-corrected chi connectivity index (χ2v) is 4.31. The molecule has 1 saturated heterocycles. The molecule has 1 aromatic carbocycles. The zero-order valence-corrected chi connectivity index (χ0v) is 10.7. The lowest BCUT2D eigenvalue weighted by molar-refractivity contribution is 0.00612. The molecule has 1 heterocycles. The van der Waals surface area contributed by atoms with Crippen molar-refractivity contribution in [2.45, 2.75) is 24.8 Å². The molecule has 0 saturated carbocycles. The summed E-state index contributed by atoms with van der Waals surface area (Å²) in [5, 5.41) is 0. The van der Waals surface area contributed by atoms with Crippen molar-refractivity contribution < 1.29 is 14.2 Å². The molecule has 4 heteroatoms. The van der Waals surface area contributed by atoms with Crippen LogP contribution in [0.25, 0.3) is 0 Å². The number of rotatable bonds is 4. The molecule has 3 nitrogen and oxygen atoms in total. The number of alkyl halides is 1. The molecule has 1 atom stereocenters. The van der Waals surface area contributed by atoms with Gasteiger partial charge in [0.15, 0.2) is 11.5 Å². The first kappa shape index (κ1) is 12.5. The van der Waals surface area contributed by atoms with Gasteiger partial charge in [0.1, 0.15) is 6.10 Å². The van der Waals surface area contributed by atoms with E-state index in [2.05, 4.69) is 0 Å². The highest BCUT2D eigenvalue weighted by Crippen LogP contribution is 2.33. The monoisotopic (exact) mass is 256 g/mol. The Hall–Kier alpha value is -0.930. The third kappa shape index (κ3) is 3.05. The molecule has 0 radical (unpaired) electrons. The normalized spacial score (nSPS) is 20.0. The van der Waals surface area contributed by atoms with Crippen molar-refractivity contribution in [3.8, 4) is 11.5 Å². The van der Waals surface area contributed by atoms with E-state index in [0.717, 1.165) is 36.5 Å². The maximum Gasteiger partial charge on any atom is 0.166 e. The van der Waals surface area contributed by atoms with E-state index in [0.29, 0.717) is 12.5 Å². The Morgan fingerprint density at radius 3 is 3.00 bits per heavy atom. The van der Waals surface area contributed by atoms with E-state index in [1.807, 2.05) is 18.2 Å². The van der Waals surface area contributed by atoms with Crippen molar-refractivity contribution in [2.24, 2.45) is 0 Å². The standard InChI is InChI=1S/C13H17ClO3/c1-15-12-6-2-4-10(8-14)13(12)17-11-5-3-7-16-9-11/h2,4,6,11H,3,5,7-9H2,1H3. The number of hydrogen-bond acceptors (Lipinski definition) is 3.